The van der Waals surface area contributed by atoms with Gasteiger partial charge >= 0.3 is 5.97 Å². The van der Waals surface area contributed by atoms with Crippen molar-refractivity contribution in [2.24, 2.45) is 5.92 Å². The summed E-state index contributed by atoms with van der Waals surface area (Å²) < 4.78 is 10.9. The van der Waals surface area contributed by atoms with Crippen LogP contribution in [0.2, 0.25) is 0 Å². The molecular weight excluding hydrogens is 598 g/mol. The molecule has 4 heterocycles. The van der Waals surface area contributed by atoms with Crippen LogP contribution in [0.1, 0.15) is 46.0 Å². The summed E-state index contributed by atoms with van der Waals surface area (Å²) in [5.41, 5.74) is 0. The van der Waals surface area contributed by atoms with Crippen LogP contribution in [0.25, 0.3) is 0 Å². The molecule has 13 nitrogen and oxygen atoms in total. The predicted octanol–water partition coefficient (Wildman–Crippen LogP) is -0.267. The summed E-state index contributed by atoms with van der Waals surface area (Å²) in [4.78, 5) is 67.4. The Morgan fingerprint density at radius 3 is 2.60 bits per heavy atom. The van der Waals surface area contributed by atoms with Crippen LogP contribution in [0, 0.1) is 5.92 Å². The number of aliphatic hydroxyl groups excluding tert-OH is 1. The summed E-state index contributed by atoms with van der Waals surface area (Å²) in [6, 6.07) is -2.48. The molecule has 5 N–H and O–H groups in total. The van der Waals surface area contributed by atoms with Gasteiger partial charge in [0.2, 0.25) is 23.6 Å². The van der Waals surface area contributed by atoms with Gasteiger partial charge in [-0.25, -0.2) is 0 Å². The molecule has 2 bridgehead atoms. The van der Waals surface area contributed by atoms with Crippen molar-refractivity contribution in [2.45, 2.75) is 76.3 Å². The minimum Gasteiger partial charge on any atom is -0.457 e. The number of rotatable bonds is 7. The van der Waals surface area contributed by atoms with Crippen LogP contribution in [-0.2, 0) is 33.4 Å². The van der Waals surface area contributed by atoms with Gasteiger partial charge in [-0.05, 0) is 24.8 Å². The molecule has 242 valence electrons. The fourth-order valence-corrected chi connectivity index (χ4v) is 6.80. The number of nitrogens with zero attached hydrogens (tertiary/aromatic N) is 1. The molecular formula is C28H45N5O8S2. The van der Waals surface area contributed by atoms with E-state index in [1.165, 1.54) is 21.6 Å². The van der Waals surface area contributed by atoms with E-state index in [4.69, 9.17) is 9.47 Å². The summed E-state index contributed by atoms with van der Waals surface area (Å²) in [7, 11) is 2.86. The zero-order valence-electron chi connectivity index (χ0n) is 24.9. The van der Waals surface area contributed by atoms with Gasteiger partial charge in [-0.1, -0.05) is 41.5 Å². The van der Waals surface area contributed by atoms with Crippen LogP contribution in [0.15, 0.2) is 12.2 Å². The molecule has 4 rings (SSSR count). The molecule has 43 heavy (non-hydrogen) atoms. The molecule has 4 aliphatic rings. The summed E-state index contributed by atoms with van der Waals surface area (Å²) >= 11 is 0. The monoisotopic (exact) mass is 643 g/mol. The third-order valence-electron chi connectivity index (χ3n) is 7.36. The van der Waals surface area contributed by atoms with Crippen LogP contribution < -0.4 is 21.3 Å². The SMILES string of the molecule is CC(C)[C@H]1C[C@@H](O)CC(=O)O[C@@H]2/C=C/CSSC[C@@H](NC(=O)[C@H](CCC(=O)NCCN3CCOCC3)NC(=O)C2)C(=O)N1. The molecule has 0 radical (unpaired) electrons. The normalized spacial score (nSPS) is 29.6. The average Bonchev–Trinajstić information content (AvgIpc) is 2.95. The van der Waals surface area contributed by atoms with E-state index in [0.29, 0.717) is 32.1 Å². The van der Waals surface area contributed by atoms with Crippen LogP contribution in [0.4, 0.5) is 0 Å². The lowest BCUT2D eigenvalue weighted by molar-refractivity contribution is -0.150. The van der Waals surface area contributed by atoms with Gasteiger partial charge in [-0.15, -0.1) is 0 Å². The van der Waals surface area contributed by atoms with Crippen molar-refractivity contribution in [3.63, 3.8) is 0 Å². The Labute approximate surface area is 260 Å². The van der Waals surface area contributed by atoms with E-state index in [2.05, 4.69) is 26.2 Å². The molecule has 2 saturated heterocycles. The first kappa shape index (κ1) is 35.2. The Hall–Kier alpha value is -2.33. The number of nitrogens with one attached hydrogen (secondary N) is 4. The Morgan fingerprint density at radius 1 is 1.09 bits per heavy atom. The first-order valence-electron chi connectivity index (χ1n) is 14.9. The number of aliphatic hydroxyl groups is 1. The lowest BCUT2D eigenvalue weighted by Crippen LogP contribution is -2.57. The summed E-state index contributed by atoms with van der Waals surface area (Å²) in [5.74, 6) is -1.80. The second kappa shape index (κ2) is 18.5. The lowest BCUT2D eigenvalue weighted by atomic mass is 9.96. The highest BCUT2D eigenvalue weighted by atomic mass is 33.1. The molecule has 4 amide bonds. The minimum atomic E-state index is -1.09. The molecule has 0 aromatic heterocycles. The molecule has 0 aliphatic carbocycles. The number of carbonyl (C=O) groups excluding carboxylic acids is 5. The van der Waals surface area contributed by atoms with Gasteiger partial charge in [-0.2, -0.15) is 0 Å². The topological polar surface area (TPSA) is 175 Å². The number of hydrogen-bond donors (Lipinski definition) is 5. The van der Waals surface area contributed by atoms with Crippen LogP contribution in [0.3, 0.4) is 0 Å². The molecule has 0 unspecified atom stereocenters. The zero-order valence-corrected chi connectivity index (χ0v) is 26.5. The van der Waals surface area contributed by atoms with E-state index in [1.54, 1.807) is 12.2 Å². The fourth-order valence-electron chi connectivity index (χ4n) is 4.83. The quantitative estimate of drug-likeness (QED) is 0.140. The number of amides is 4. The Bertz CT molecular complexity index is 994. The van der Waals surface area contributed by atoms with Crippen molar-refractivity contribution in [2.75, 3.05) is 50.9 Å². The van der Waals surface area contributed by atoms with Crippen molar-refractivity contribution >= 4 is 51.2 Å². The van der Waals surface area contributed by atoms with Crippen LogP contribution in [0.5, 0.6) is 0 Å². The summed E-state index contributed by atoms with van der Waals surface area (Å²) in [6.07, 6.45) is 0.996. The number of hydrogen-bond acceptors (Lipinski definition) is 11. The maximum atomic E-state index is 13.5. The number of ether oxygens (including phenoxy) is 2. The predicted molar refractivity (Wildman–Crippen MR) is 164 cm³/mol. The molecule has 0 saturated carbocycles. The van der Waals surface area contributed by atoms with Gasteiger partial charge in [0, 0.05) is 50.1 Å². The van der Waals surface area contributed by atoms with E-state index in [0.717, 1.165) is 13.1 Å². The molecule has 2 fully saturated rings. The van der Waals surface area contributed by atoms with Crippen molar-refractivity contribution in [1.29, 1.82) is 0 Å². The Morgan fingerprint density at radius 2 is 1.86 bits per heavy atom. The highest BCUT2D eigenvalue weighted by Gasteiger charge is 2.31. The minimum absolute atomic E-state index is 0.0122. The van der Waals surface area contributed by atoms with Crippen molar-refractivity contribution in [3.05, 3.63) is 12.2 Å². The number of morpholine rings is 1. The van der Waals surface area contributed by atoms with Gasteiger partial charge in [0.25, 0.3) is 0 Å². The number of esters is 1. The fraction of sp³-hybridized carbons (Fsp3) is 0.750. The maximum absolute atomic E-state index is 13.5. The Kier molecular flexibility index (Phi) is 15.1. The van der Waals surface area contributed by atoms with E-state index < -0.39 is 54.0 Å². The van der Waals surface area contributed by atoms with E-state index in [9.17, 15) is 29.1 Å². The molecule has 0 aromatic rings. The van der Waals surface area contributed by atoms with Crippen molar-refractivity contribution < 1.29 is 38.6 Å². The second-order valence-electron chi connectivity index (χ2n) is 11.2. The largest absolute Gasteiger partial charge is 0.457 e. The third kappa shape index (κ3) is 13.1. The first-order valence-corrected chi connectivity index (χ1v) is 17.3. The molecule has 4 aliphatic heterocycles. The summed E-state index contributed by atoms with van der Waals surface area (Å²) in [5, 5.41) is 21.8. The van der Waals surface area contributed by atoms with Gasteiger partial charge in [0.05, 0.1) is 32.2 Å². The highest BCUT2D eigenvalue weighted by Crippen LogP contribution is 2.23. The average molecular weight is 644 g/mol. The van der Waals surface area contributed by atoms with E-state index >= 15 is 0 Å². The van der Waals surface area contributed by atoms with Crippen LogP contribution in [-0.4, -0.2) is 121 Å². The number of carbonyl (C=O) groups is 5. The zero-order chi connectivity index (χ0) is 31.2. The number of fused-ring (bicyclic) bond motifs is 16. The van der Waals surface area contributed by atoms with E-state index in [-0.39, 0.29) is 49.7 Å². The van der Waals surface area contributed by atoms with Crippen molar-refractivity contribution in [1.82, 2.24) is 26.2 Å². The van der Waals surface area contributed by atoms with Gasteiger partial charge < -0.3 is 35.8 Å². The summed E-state index contributed by atoms with van der Waals surface area (Å²) in [6.45, 7) is 7.85. The third-order valence-corrected chi connectivity index (χ3v) is 9.64. The highest BCUT2D eigenvalue weighted by molar-refractivity contribution is 8.76. The van der Waals surface area contributed by atoms with Crippen LogP contribution >= 0.6 is 21.6 Å². The molecule has 5 atom stereocenters. The van der Waals surface area contributed by atoms with Gasteiger partial charge in [0.15, 0.2) is 0 Å². The van der Waals surface area contributed by atoms with E-state index in [1.807, 2.05) is 13.8 Å². The maximum Gasteiger partial charge on any atom is 0.309 e. The standard InChI is InChI=1S/C28H45N5O8S2/c1-18(2)22-14-19(34)15-26(37)41-20-4-3-13-42-43-17-23(28(39)31-22)32-27(38)21(30-25(36)16-20)5-6-24(35)29-7-8-33-9-11-40-12-10-33/h3-4,18-23,34H,5-17H2,1-2H3,(H,29,35)(H,30,36)(H,31,39)(H,32,38)/b4-3+/t19-,20-,21+,22-,23-/m1/s1. The van der Waals surface area contributed by atoms with Gasteiger partial charge in [-0.3, -0.25) is 28.9 Å². The van der Waals surface area contributed by atoms with Crippen molar-refractivity contribution in [3.8, 4) is 0 Å². The lowest BCUT2D eigenvalue weighted by Gasteiger charge is -2.29. The Balaban J connectivity index is 1.76. The smallest absolute Gasteiger partial charge is 0.309 e. The molecule has 0 aromatic carbocycles. The molecule has 0 spiro atoms. The van der Waals surface area contributed by atoms with Gasteiger partial charge in [0.1, 0.15) is 18.2 Å². The first-order chi connectivity index (χ1) is 20.6. The molecule has 15 heteroatoms. The second-order valence-corrected chi connectivity index (χ2v) is 13.8.